The lowest BCUT2D eigenvalue weighted by molar-refractivity contribution is -0.274. The molecule has 1 aromatic heterocycles. The van der Waals surface area contributed by atoms with Gasteiger partial charge in [-0.15, -0.1) is 13.2 Å². The van der Waals surface area contributed by atoms with Crippen LogP contribution in [0.3, 0.4) is 0 Å². The summed E-state index contributed by atoms with van der Waals surface area (Å²) in [5.41, 5.74) is 6.94. The number of anilines is 1. The molecule has 3 aromatic rings. The molecule has 0 aliphatic rings. The molecule has 0 bridgehead atoms. The fraction of sp³-hybridized carbons (Fsp3) is 0.158. The third-order valence-corrected chi connectivity index (χ3v) is 3.95. The molecule has 6 nitrogen and oxygen atoms in total. The Morgan fingerprint density at radius 3 is 2.64 bits per heavy atom. The van der Waals surface area contributed by atoms with Crippen LogP contribution in [0.5, 0.6) is 5.75 Å². The number of ether oxygens (including phenoxy) is 1. The van der Waals surface area contributed by atoms with Crippen LogP contribution in [0.2, 0.25) is 0 Å². The number of amides is 1. The highest BCUT2D eigenvalue weighted by Crippen LogP contribution is 2.25. The summed E-state index contributed by atoms with van der Waals surface area (Å²) < 4.78 is 40.7. The van der Waals surface area contributed by atoms with Gasteiger partial charge < -0.3 is 20.8 Å². The molecule has 0 aliphatic heterocycles. The van der Waals surface area contributed by atoms with Crippen molar-refractivity contribution in [2.24, 2.45) is 5.73 Å². The van der Waals surface area contributed by atoms with Crippen LogP contribution in [0.15, 0.2) is 59.4 Å². The average Bonchev–Trinajstić information content (AvgIpc) is 2.60. The summed E-state index contributed by atoms with van der Waals surface area (Å²) in [6, 6.07) is 12.3. The Morgan fingerprint density at radius 2 is 1.89 bits per heavy atom. The molecule has 9 heteroatoms. The number of carbonyl (C=O) groups is 1. The minimum atomic E-state index is -4.83. The molecular formula is C19H16F3N3O3. The number of pyridine rings is 1. The summed E-state index contributed by atoms with van der Waals surface area (Å²) in [6.07, 6.45) is -4.75. The smallest absolute Gasteiger partial charge is 0.406 e. The van der Waals surface area contributed by atoms with E-state index in [1.54, 1.807) is 24.3 Å². The van der Waals surface area contributed by atoms with E-state index in [2.05, 4.69) is 15.0 Å². The lowest BCUT2D eigenvalue weighted by Crippen LogP contribution is -2.37. The standard InChI is InChI=1S/C19H16F3N3O3/c20-19(21,22)28-13-5-3-4-12(10-13)24-18(27)15(23)8-11-9-17(26)25-16-7-2-1-6-14(11)16/h1-7,9-10,15H,8,23H2,(H,24,27)(H,25,26)/t15-/m0/s1. The molecular weight excluding hydrogens is 375 g/mol. The molecule has 1 amide bonds. The molecule has 28 heavy (non-hydrogen) atoms. The Morgan fingerprint density at radius 1 is 1.14 bits per heavy atom. The molecule has 0 radical (unpaired) electrons. The van der Waals surface area contributed by atoms with Gasteiger partial charge >= 0.3 is 6.36 Å². The number of hydrogen-bond acceptors (Lipinski definition) is 4. The van der Waals surface area contributed by atoms with Crippen molar-refractivity contribution in [1.29, 1.82) is 0 Å². The van der Waals surface area contributed by atoms with Gasteiger partial charge in [0.1, 0.15) is 5.75 Å². The first-order valence-electron chi connectivity index (χ1n) is 8.24. The number of nitrogens with two attached hydrogens (primary N) is 1. The second-order valence-corrected chi connectivity index (χ2v) is 6.08. The Bertz CT molecular complexity index is 1060. The fourth-order valence-electron chi connectivity index (χ4n) is 2.78. The number of benzene rings is 2. The zero-order valence-corrected chi connectivity index (χ0v) is 14.4. The predicted molar refractivity (Wildman–Crippen MR) is 98.0 cm³/mol. The molecule has 1 heterocycles. The first-order valence-corrected chi connectivity index (χ1v) is 8.24. The maximum atomic E-state index is 12.3. The Kier molecular flexibility index (Phi) is 5.36. The minimum absolute atomic E-state index is 0.0784. The van der Waals surface area contributed by atoms with E-state index >= 15 is 0 Å². The highest BCUT2D eigenvalue weighted by molar-refractivity contribution is 5.95. The Balaban J connectivity index is 1.74. The van der Waals surface area contributed by atoms with Gasteiger partial charge in [0.15, 0.2) is 0 Å². The number of nitrogens with one attached hydrogen (secondary N) is 2. The van der Waals surface area contributed by atoms with Crippen molar-refractivity contribution in [2.45, 2.75) is 18.8 Å². The largest absolute Gasteiger partial charge is 0.573 e. The highest BCUT2D eigenvalue weighted by atomic mass is 19.4. The monoisotopic (exact) mass is 391 g/mol. The van der Waals surface area contributed by atoms with Gasteiger partial charge in [-0.3, -0.25) is 9.59 Å². The van der Waals surface area contributed by atoms with Crippen molar-refractivity contribution in [2.75, 3.05) is 5.32 Å². The molecule has 0 aliphatic carbocycles. The topological polar surface area (TPSA) is 97.2 Å². The summed E-state index contributed by atoms with van der Waals surface area (Å²) in [6.45, 7) is 0. The van der Waals surface area contributed by atoms with Crippen molar-refractivity contribution in [3.8, 4) is 5.75 Å². The minimum Gasteiger partial charge on any atom is -0.406 e. The number of H-pyrrole nitrogens is 1. The molecule has 1 atom stereocenters. The number of aromatic amines is 1. The molecule has 0 fully saturated rings. The van der Waals surface area contributed by atoms with Gasteiger partial charge in [0, 0.05) is 28.7 Å². The van der Waals surface area contributed by atoms with Gasteiger partial charge in [-0.25, -0.2) is 0 Å². The second kappa shape index (κ2) is 7.73. The maximum Gasteiger partial charge on any atom is 0.573 e. The number of fused-ring (bicyclic) bond motifs is 1. The molecule has 2 aromatic carbocycles. The van der Waals surface area contributed by atoms with Crippen LogP contribution >= 0.6 is 0 Å². The molecule has 4 N–H and O–H groups in total. The average molecular weight is 391 g/mol. The predicted octanol–water partition coefficient (Wildman–Crippen LogP) is 2.94. The zero-order chi connectivity index (χ0) is 20.3. The fourth-order valence-corrected chi connectivity index (χ4v) is 2.78. The van der Waals surface area contributed by atoms with Crippen molar-refractivity contribution >= 4 is 22.5 Å². The Hall–Kier alpha value is -3.33. The normalized spacial score (nSPS) is 12.6. The van der Waals surface area contributed by atoms with E-state index in [-0.39, 0.29) is 17.7 Å². The third kappa shape index (κ3) is 4.89. The number of rotatable bonds is 5. The Labute approximate surface area is 157 Å². The maximum absolute atomic E-state index is 12.3. The number of alkyl halides is 3. The number of aromatic nitrogens is 1. The highest BCUT2D eigenvalue weighted by Gasteiger charge is 2.31. The van der Waals surface area contributed by atoms with Crippen molar-refractivity contribution in [3.63, 3.8) is 0 Å². The summed E-state index contributed by atoms with van der Waals surface area (Å²) in [7, 11) is 0. The second-order valence-electron chi connectivity index (χ2n) is 6.08. The number of hydrogen-bond donors (Lipinski definition) is 3. The molecule has 0 spiro atoms. The van der Waals surface area contributed by atoms with Crippen LogP contribution in [0.1, 0.15) is 5.56 Å². The number of para-hydroxylation sites is 1. The van der Waals surface area contributed by atoms with Gasteiger partial charge in [0.25, 0.3) is 0 Å². The summed E-state index contributed by atoms with van der Waals surface area (Å²) in [5.74, 6) is -1.06. The van der Waals surface area contributed by atoms with E-state index in [0.717, 1.165) is 17.5 Å². The van der Waals surface area contributed by atoms with Crippen LogP contribution in [-0.2, 0) is 11.2 Å². The zero-order valence-electron chi connectivity index (χ0n) is 14.4. The van der Waals surface area contributed by atoms with Gasteiger partial charge in [-0.05, 0) is 30.2 Å². The van der Waals surface area contributed by atoms with Crippen LogP contribution in [-0.4, -0.2) is 23.3 Å². The van der Waals surface area contributed by atoms with Crippen molar-refractivity contribution in [3.05, 3.63) is 70.5 Å². The van der Waals surface area contributed by atoms with Gasteiger partial charge in [0.2, 0.25) is 11.5 Å². The van der Waals surface area contributed by atoms with Crippen LogP contribution in [0, 0.1) is 0 Å². The van der Waals surface area contributed by atoms with Crippen molar-refractivity contribution in [1.82, 2.24) is 4.98 Å². The number of halogens is 3. The molecule has 0 saturated heterocycles. The van der Waals surface area contributed by atoms with E-state index in [9.17, 15) is 22.8 Å². The first kappa shape index (κ1) is 19.4. The lowest BCUT2D eigenvalue weighted by atomic mass is 10.0. The van der Waals surface area contributed by atoms with Crippen LogP contribution in [0.25, 0.3) is 10.9 Å². The lowest BCUT2D eigenvalue weighted by Gasteiger charge is -2.15. The summed E-state index contributed by atoms with van der Waals surface area (Å²) in [4.78, 5) is 26.8. The van der Waals surface area contributed by atoms with Gasteiger partial charge in [0.05, 0.1) is 6.04 Å². The molecule has 0 saturated carbocycles. The quantitative estimate of drug-likeness (QED) is 0.623. The van der Waals surface area contributed by atoms with Crippen LogP contribution in [0.4, 0.5) is 18.9 Å². The first-order chi connectivity index (χ1) is 13.2. The molecule has 0 unspecified atom stereocenters. The third-order valence-electron chi connectivity index (χ3n) is 3.95. The van der Waals surface area contributed by atoms with E-state index in [1.807, 2.05) is 0 Å². The molecule has 146 valence electrons. The summed E-state index contributed by atoms with van der Waals surface area (Å²) in [5, 5.41) is 3.21. The number of carbonyl (C=O) groups excluding carboxylic acids is 1. The van der Waals surface area contributed by atoms with E-state index in [4.69, 9.17) is 5.73 Å². The van der Waals surface area contributed by atoms with E-state index in [0.29, 0.717) is 11.1 Å². The molecule has 3 rings (SSSR count). The SMILES string of the molecule is N[C@@H](Cc1cc(=O)[nH]c2ccccc12)C(=O)Nc1cccc(OC(F)(F)F)c1. The van der Waals surface area contributed by atoms with E-state index in [1.165, 1.54) is 18.2 Å². The summed E-state index contributed by atoms with van der Waals surface area (Å²) >= 11 is 0. The van der Waals surface area contributed by atoms with Crippen molar-refractivity contribution < 1.29 is 22.7 Å². The van der Waals surface area contributed by atoms with Gasteiger partial charge in [-0.2, -0.15) is 0 Å². The van der Waals surface area contributed by atoms with Gasteiger partial charge in [-0.1, -0.05) is 24.3 Å². The van der Waals surface area contributed by atoms with Crippen LogP contribution < -0.4 is 21.3 Å². The van der Waals surface area contributed by atoms with E-state index < -0.39 is 24.1 Å².